The molecule has 92 valence electrons. The second-order valence-electron chi connectivity index (χ2n) is 4.13. The molecule has 1 unspecified atom stereocenters. The van der Waals surface area contributed by atoms with E-state index < -0.39 is 0 Å². The molecule has 0 bridgehead atoms. The summed E-state index contributed by atoms with van der Waals surface area (Å²) in [6.07, 6.45) is 4.28. The van der Waals surface area contributed by atoms with Crippen molar-refractivity contribution in [2.24, 2.45) is 0 Å². The van der Waals surface area contributed by atoms with Crippen LogP contribution >= 0.6 is 0 Å². The number of hydrogen-bond donors (Lipinski definition) is 2. The fraction of sp³-hybridized carbons (Fsp3) is 0.500. The van der Waals surface area contributed by atoms with Crippen LogP contribution in [0.4, 0.5) is 11.5 Å². The maximum Gasteiger partial charge on any atom is 0.222 e. The molecule has 2 heterocycles. The van der Waals surface area contributed by atoms with E-state index in [4.69, 9.17) is 4.74 Å². The quantitative estimate of drug-likeness (QED) is 0.832. The van der Waals surface area contributed by atoms with Gasteiger partial charge in [0.25, 0.3) is 0 Å². The Morgan fingerprint density at radius 1 is 1.59 bits per heavy atom. The van der Waals surface area contributed by atoms with Gasteiger partial charge in [-0.25, -0.2) is 4.98 Å². The molecule has 1 atom stereocenters. The minimum atomic E-state index is -0.113. The lowest BCUT2D eigenvalue weighted by atomic mass is 10.2. The van der Waals surface area contributed by atoms with Crippen LogP contribution in [0.25, 0.3) is 0 Å². The molecule has 1 amide bonds. The molecule has 2 rings (SSSR count). The van der Waals surface area contributed by atoms with Crippen LogP contribution in [0.2, 0.25) is 0 Å². The van der Waals surface area contributed by atoms with Crippen LogP contribution in [-0.2, 0) is 9.53 Å². The van der Waals surface area contributed by atoms with E-state index in [0.717, 1.165) is 31.7 Å². The predicted octanol–water partition coefficient (Wildman–Crippen LogP) is 1.63. The largest absolute Gasteiger partial charge is 0.381 e. The first-order valence-electron chi connectivity index (χ1n) is 5.83. The number of carbonyl (C=O) groups is 1. The molecule has 1 saturated heterocycles. The first-order chi connectivity index (χ1) is 8.24. The number of hydrogen-bond acceptors (Lipinski definition) is 4. The lowest BCUT2D eigenvalue weighted by Crippen LogP contribution is -2.18. The molecule has 5 heteroatoms. The van der Waals surface area contributed by atoms with Crippen LogP contribution in [0.1, 0.15) is 19.8 Å². The Bertz CT molecular complexity index is 372. The lowest BCUT2D eigenvalue weighted by Gasteiger charge is -2.11. The van der Waals surface area contributed by atoms with Crippen molar-refractivity contribution < 1.29 is 9.53 Å². The highest BCUT2D eigenvalue weighted by Gasteiger charge is 2.14. The number of rotatable bonds is 4. The van der Waals surface area contributed by atoms with E-state index in [2.05, 4.69) is 15.6 Å². The maximum absolute atomic E-state index is 10.8. The third-order valence-corrected chi connectivity index (χ3v) is 2.63. The van der Waals surface area contributed by atoms with Gasteiger partial charge in [-0.3, -0.25) is 4.79 Å². The highest BCUT2D eigenvalue weighted by atomic mass is 16.5. The van der Waals surface area contributed by atoms with Crippen molar-refractivity contribution in [3.63, 3.8) is 0 Å². The van der Waals surface area contributed by atoms with E-state index in [9.17, 15) is 4.79 Å². The van der Waals surface area contributed by atoms with Crippen LogP contribution in [0.15, 0.2) is 18.3 Å². The topological polar surface area (TPSA) is 63.2 Å². The van der Waals surface area contributed by atoms with Crippen molar-refractivity contribution in [1.82, 2.24) is 4.98 Å². The predicted molar refractivity (Wildman–Crippen MR) is 66.0 cm³/mol. The molecule has 0 spiro atoms. The normalized spacial score (nSPS) is 19.0. The van der Waals surface area contributed by atoms with Crippen LogP contribution in [0, 0.1) is 0 Å². The molecule has 1 aromatic rings. The Morgan fingerprint density at radius 2 is 2.47 bits per heavy atom. The summed E-state index contributed by atoms with van der Waals surface area (Å²) in [5.41, 5.74) is 0.939. The average Bonchev–Trinajstić information content (AvgIpc) is 2.80. The molecule has 1 aliphatic rings. The molecule has 5 nitrogen and oxygen atoms in total. The molecule has 1 aromatic heterocycles. The van der Waals surface area contributed by atoms with E-state index in [1.54, 1.807) is 12.3 Å². The van der Waals surface area contributed by atoms with Gasteiger partial charge in [-0.2, -0.15) is 0 Å². The van der Waals surface area contributed by atoms with Gasteiger partial charge in [-0.15, -0.1) is 0 Å². The molecule has 17 heavy (non-hydrogen) atoms. The van der Waals surface area contributed by atoms with Crippen LogP contribution in [0.3, 0.4) is 0 Å². The van der Waals surface area contributed by atoms with Gasteiger partial charge in [0.05, 0.1) is 18.0 Å². The zero-order valence-electron chi connectivity index (χ0n) is 9.90. The summed E-state index contributed by atoms with van der Waals surface area (Å²) in [4.78, 5) is 14.9. The van der Waals surface area contributed by atoms with Gasteiger partial charge in [0.2, 0.25) is 5.91 Å². The molecular weight excluding hydrogens is 218 g/mol. The van der Waals surface area contributed by atoms with E-state index in [-0.39, 0.29) is 5.91 Å². The second kappa shape index (κ2) is 5.63. The van der Waals surface area contributed by atoms with Crippen LogP contribution in [-0.4, -0.2) is 30.1 Å². The standard InChI is InChI=1S/C12H17N3O2/c1-9(16)15-12-5-4-10(7-14-12)13-8-11-3-2-6-17-11/h4-5,7,11,13H,2-3,6,8H2,1H3,(H,14,15,16). The first kappa shape index (κ1) is 11.9. The van der Waals surface area contributed by atoms with Crippen molar-refractivity contribution in [2.45, 2.75) is 25.9 Å². The highest BCUT2D eigenvalue weighted by Crippen LogP contribution is 2.14. The Morgan fingerprint density at radius 3 is 3.06 bits per heavy atom. The van der Waals surface area contributed by atoms with Gasteiger partial charge in [0.1, 0.15) is 5.82 Å². The third kappa shape index (κ3) is 3.71. The molecule has 1 aliphatic heterocycles. The van der Waals surface area contributed by atoms with E-state index >= 15 is 0 Å². The maximum atomic E-state index is 10.8. The van der Waals surface area contributed by atoms with E-state index in [1.165, 1.54) is 6.92 Å². The first-order valence-corrected chi connectivity index (χ1v) is 5.83. The van der Waals surface area contributed by atoms with Crippen molar-refractivity contribution in [3.8, 4) is 0 Å². The SMILES string of the molecule is CC(=O)Nc1ccc(NCC2CCCO2)cn1. The number of nitrogens with zero attached hydrogens (tertiary/aromatic N) is 1. The molecule has 0 radical (unpaired) electrons. The molecule has 2 N–H and O–H groups in total. The molecular formula is C12H17N3O2. The smallest absolute Gasteiger partial charge is 0.222 e. The zero-order valence-corrected chi connectivity index (χ0v) is 9.90. The van der Waals surface area contributed by atoms with Crippen LogP contribution < -0.4 is 10.6 Å². The van der Waals surface area contributed by atoms with Crippen molar-refractivity contribution in [2.75, 3.05) is 23.8 Å². The Balaban J connectivity index is 1.82. The Kier molecular flexibility index (Phi) is 3.93. The fourth-order valence-corrected chi connectivity index (χ4v) is 1.79. The summed E-state index contributed by atoms with van der Waals surface area (Å²) in [5.74, 6) is 0.456. The zero-order chi connectivity index (χ0) is 12.1. The molecule has 1 fully saturated rings. The summed E-state index contributed by atoms with van der Waals surface area (Å²) in [7, 11) is 0. The summed E-state index contributed by atoms with van der Waals surface area (Å²) >= 11 is 0. The number of amides is 1. The van der Waals surface area contributed by atoms with Crippen molar-refractivity contribution in [3.05, 3.63) is 18.3 Å². The van der Waals surface area contributed by atoms with Gasteiger partial charge < -0.3 is 15.4 Å². The fourth-order valence-electron chi connectivity index (χ4n) is 1.79. The minimum absolute atomic E-state index is 0.113. The van der Waals surface area contributed by atoms with Gasteiger partial charge in [0.15, 0.2) is 0 Å². The Labute approximate surface area is 101 Å². The van der Waals surface area contributed by atoms with Gasteiger partial charge in [0, 0.05) is 20.1 Å². The third-order valence-electron chi connectivity index (χ3n) is 2.63. The van der Waals surface area contributed by atoms with Gasteiger partial charge in [-0.05, 0) is 25.0 Å². The number of carbonyl (C=O) groups excluding carboxylic acids is 1. The van der Waals surface area contributed by atoms with Gasteiger partial charge >= 0.3 is 0 Å². The monoisotopic (exact) mass is 235 g/mol. The summed E-state index contributed by atoms with van der Waals surface area (Å²) in [6, 6.07) is 3.67. The summed E-state index contributed by atoms with van der Waals surface area (Å²) in [5, 5.41) is 5.89. The number of ether oxygens (including phenoxy) is 1. The molecule has 0 aliphatic carbocycles. The minimum Gasteiger partial charge on any atom is -0.381 e. The summed E-state index contributed by atoms with van der Waals surface area (Å²) in [6.45, 7) is 3.14. The number of anilines is 2. The van der Waals surface area contributed by atoms with E-state index in [0.29, 0.717) is 11.9 Å². The van der Waals surface area contributed by atoms with E-state index in [1.807, 2.05) is 6.07 Å². The number of aromatic nitrogens is 1. The summed E-state index contributed by atoms with van der Waals surface area (Å²) < 4.78 is 5.51. The average molecular weight is 235 g/mol. The highest BCUT2D eigenvalue weighted by molar-refractivity contribution is 5.87. The van der Waals surface area contributed by atoms with Gasteiger partial charge in [-0.1, -0.05) is 0 Å². The van der Waals surface area contributed by atoms with Crippen molar-refractivity contribution >= 4 is 17.4 Å². The van der Waals surface area contributed by atoms with Crippen molar-refractivity contribution in [1.29, 1.82) is 0 Å². The van der Waals surface area contributed by atoms with Crippen LogP contribution in [0.5, 0.6) is 0 Å². The molecule has 0 aromatic carbocycles. The number of pyridine rings is 1. The number of nitrogens with one attached hydrogen (secondary N) is 2. The lowest BCUT2D eigenvalue weighted by molar-refractivity contribution is -0.114. The molecule has 0 saturated carbocycles. The second-order valence-corrected chi connectivity index (χ2v) is 4.13. The Hall–Kier alpha value is -1.62.